The predicted molar refractivity (Wildman–Crippen MR) is 84.6 cm³/mol. The highest BCUT2D eigenvalue weighted by atomic mass is 16.5. The molecule has 0 amide bonds. The number of rotatable bonds is 7. The zero-order valence-corrected chi connectivity index (χ0v) is 13.2. The van der Waals surface area contributed by atoms with Crippen molar-refractivity contribution in [1.29, 1.82) is 0 Å². The van der Waals surface area contributed by atoms with Crippen LogP contribution in [0.2, 0.25) is 0 Å². The maximum absolute atomic E-state index is 5.68. The first-order valence-electron chi connectivity index (χ1n) is 7.40. The number of ether oxygens (including phenoxy) is 1. The number of anilines is 1. The first-order chi connectivity index (χ1) is 10.1. The molecule has 0 bridgehead atoms. The zero-order valence-electron chi connectivity index (χ0n) is 13.2. The molecule has 0 saturated carbocycles. The fourth-order valence-electron chi connectivity index (χ4n) is 2.16. The average Bonchev–Trinajstić information content (AvgIpc) is 2.84. The molecule has 0 aliphatic rings. The minimum Gasteiger partial charge on any atom is -0.472 e. The van der Waals surface area contributed by atoms with Crippen LogP contribution in [0.5, 0.6) is 5.88 Å². The Morgan fingerprint density at radius 2 is 2.00 bits per heavy atom. The average molecular weight is 288 g/mol. The Bertz CT molecular complexity index is 565. The van der Waals surface area contributed by atoms with E-state index in [2.05, 4.69) is 52.2 Å². The zero-order chi connectivity index (χ0) is 15.2. The third-order valence-electron chi connectivity index (χ3n) is 3.28. The highest BCUT2D eigenvalue weighted by Crippen LogP contribution is 2.20. The molecule has 1 N–H and O–H groups in total. The monoisotopic (exact) mass is 288 g/mol. The number of nitrogens with one attached hydrogen (secondary N) is 1. The summed E-state index contributed by atoms with van der Waals surface area (Å²) in [4.78, 5) is 8.58. The van der Waals surface area contributed by atoms with Crippen LogP contribution in [0.15, 0.2) is 30.7 Å². The van der Waals surface area contributed by atoms with Crippen LogP contribution in [-0.4, -0.2) is 26.7 Å². The first-order valence-corrected chi connectivity index (χ1v) is 7.40. The second-order valence-electron chi connectivity index (χ2n) is 5.57. The SMILES string of the molecule is CC(CCc1cccn1C)Nc1nccnc1OC(C)C. The molecular weight excluding hydrogens is 264 g/mol. The number of hydrogen-bond donors (Lipinski definition) is 1. The van der Waals surface area contributed by atoms with Crippen LogP contribution in [0.4, 0.5) is 5.82 Å². The van der Waals surface area contributed by atoms with E-state index in [1.165, 1.54) is 5.69 Å². The molecule has 0 aromatic carbocycles. The van der Waals surface area contributed by atoms with Gasteiger partial charge in [-0.2, -0.15) is 0 Å². The summed E-state index contributed by atoms with van der Waals surface area (Å²) in [6, 6.07) is 4.53. The molecule has 2 aromatic rings. The van der Waals surface area contributed by atoms with Crippen molar-refractivity contribution < 1.29 is 4.74 Å². The minimum absolute atomic E-state index is 0.0842. The van der Waals surface area contributed by atoms with Crippen molar-refractivity contribution in [1.82, 2.24) is 14.5 Å². The minimum atomic E-state index is 0.0842. The van der Waals surface area contributed by atoms with Gasteiger partial charge in [-0.15, -0.1) is 0 Å². The molecule has 21 heavy (non-hydrogen) atoms. The molecule has 2 heterocycles. The molecule has 114 valence electrons. The van der Waals surface area contributed by atoms with E-state index in [0.29, 0.717) is 17.7 Å². The predicted octanol–water partition coefficient (Wildman–Crippen LogP) is 3.04. The van der Waals surface area contributed by atoms with Gasteiger partial charge in [0, 0.05) is 37.4 Å². The van der Waals surface area contributed by atoms with E-state index in [4.69, 9.17) is 4.74 Å². The smallest absolute Gasteiger partial charge is 0.257 e. The summed E-state index contributed by atoms with van der Waals surface area (Å²) in [5.74, 6) is 1.28. The number of aryl methyl sites for hydroxylation is 2. The van der Waals surface area contributed by atoms with E-state index in [1.54, 1.807) is 12.4 Å². The van der Waals surface area contributed by atoms with E-state index in [9.17, 15) is 0 Å². The maximum Gasteiger partial charge on any atom is 0.257 e. The Morgan fingerprint density at radius 1 is 1.24 bits per heavy atom. The van der Waals surface area contributed by atoms with E-state index < -0.39 is 0 Å². The third kappa shape index (κ3) is 4.48. The Morgan fingerprint density at radius 3 is 2.67 bits per heavy atom. The van der Waals surface area contributed by atoms with Crippen LogP contribution < -0.4 is 10.1 Å². The van der Waals surface area contributed by atoms with Crippen LogP contribution in [-0.2, 0) is 13.5 Å². The molecule has 0 aliphatic carbocycles. The van der Waals surface area contributed by atoms with Crippen LogP contribution in [0.3, 0.4) is 0 Å². The Hall–Kier alpha value is -2.04. The van der Waals surface area contributed by atoms with Crippen molar-refractivity contribution >= 4 is 5.82 Å². The van der Waals surface area contributed by atoms with Crippen molar-refractivity contribution in [3.63, 3.8) is 0 Å². The van der Waals surface area contributed by atoms with Crippen molar-refractivity contribution in [3.05, 3.63) is 36.4 Å². The Balaban J connectivity index is 1.93. The van der Waals surface area contributed by atoms with E-state index >= 15 is 0 Å². The summed E-state index contributed by atoms with van der Waals surface area (Å²) in [5, 5.41) is 3.39. The van der Waals surface area contributed by atoms with Gasteiger partial charge in [-0.05, 0) is 45.7 Å². The second kappa shape index (κ2) is 7.11. The van der Waals surface area contributed by atoms with E-state index in [0.717, 1.165) is 12.8 Å². The van der Waals surface area contributed by atoms with Gasteiger partial charge < -0.3 is 14.6 Å². The quantitative estimate of drug-likeness (QED) is 0.851. The Labute approximate surface area is 126 Å². The molecule has 2 rings (SSSR count). The number of nitrogens with zero attached hydrogens (tertiary/aromatic N) is 3. The fourth-order valence-corrected chi connectivity index (χ4v) is 2.16. The van der Waals surface area contributed by atoms with Gasteiger partial charge in [0.15, 0.2) is 5.82 Å². The lowest BCUT2D eigenvalue weighted by Crippen LogP contribution is -2.19. The van der Waals surface area contributed by atoms with Gasteiger partial charge in [-0.25, -0.2) is 9.97 Å². The molecule has 0 aliphatic heterocycles. The van der Waals surface area contributed by atoms with Crippen LogP contribution in [0.25, 0.3) is 0 Å². The second-order valence-corrected chi connectivity index (χ2v) is 5.57. The van der Waals surface area contributed by atoms with Crippen LogP contribution in [0, 0.1) is 0 Å². The van der Waals surface area contributed by atoms with Crippen molar-refractivity contribution in [2.75, 3.05) is 5.32 Å². The summed E-state index contributed by atoms with van der Waals surface area (Å²) in [5.41, 5.74) is 1.33. The van der Waals surface area contributed by atoms with Gasteiger partial charge in [0.2, 0.25) is 0 Å². The van der Waals surface area contributed by atoms with Gasteiger partial charge in [0.1, 0.15) is 0 Å². The topological polar surface area (TPSA) is 52.0 Å². The number of hydrogen-bond acceptors (Lipinski definition) is 4. The van der Waals surface area contributed by atoms with Gasteiger partial charge in [-0.1, -0.05) is 0 Å². The van der Waals surface area contributed by atoms with Gasteiger partial charge in [0.25, 0.3) is 5.88 Å². The molecule has 1 unspecified atom stereocenters. The van der Waals surface area contributed by atoms with Gasteiger partial charge >= 0.3 is 0 Å². The lowest BCUT2D eigenvalue weighted by atomic mass is 10.1. The highest BCUT2D eigenvalue weighted by Gasteiger charge is 2.11. The van der Waals surface area contributed by atoms with Crippen molar-refractivity contribution in [3.8, 4) is 5.88 Å². The molecule has 0 fully saturated rings. The summed E-state index contributed by atoms with van der Waals surface area (Å²) in [7, 11) is 2.07. The summed E-state index contributed by atoms with van der Waals surface area (Å²) < 4.78 is 7.83. The maximum atomic E-state index is 5.68. The first kappa shape index (κ1) is 15.4. The lowest BCUT2D eigenvalue weighted by molar-refractivity contribution is 0.233. The standard InChI is InChI=1S/C16H24N4O/c1-12(2)21-16-15(17-9-10-18-16)19-13(3)7-8-14-6-5-11-20(14)4/h5-6,9-13H,7-8H2,1-4H3,(H,17,19). The highest BCUT2D eigenvalue weighted by molar-refractivity contribution is 5.45. The van der Waals surface area contributed by atoms with Crippen molar-refractivity contribution in [2.45, 2.75) is 45.8 Å². The summed E-state index contributed by atoms with van der Waals surface area (Å²) in [6.45, 7) is 6.12. The third-order valence-corrected chi connectivity index (χ3v) is 3.28. The largest absolute Gasteiger partial charge is 0.472 e. The van der Waals surface area contributed by atoms with Crippen LogP contribution >= 0.6 is 0 Å². The molecular formula is C16H24N4O. The van der Waals surface area contributed by atoms with Crippen LogP contribution in [0.1, 0.15) is 32.9 Å². The Kier molecular flexibility index (Phi) is 5.20. The molecule has 0 saturated heterocycles. The lowest BCUT2D eigenvalue weighted by Gasteiger charge is -2.17. The van der Waals surface area contributed by atoms with E-state index in [1.807, 2.05) is 13.8 Å². The molecule has 1 atom stereocenters. The number of aromatic nitrogens is 3. The molecule has 0 spiro atoms. The van der Waals surface area contributed by atoms with Gasteiger partial charge in [0.05, 0.1) is 6.10 Å². The molecule has 0 radical (unpaired) electrons. The molecule has 5 nitrogen and oxygen atoms in total. The summed E-state index contributed by atoms with van der Waals surface area (Å²) in [6.07, 6.45) is 7.54. The fraction of sp³-hybridized carbons (Fsp3) is 0.500. The van der Waals surface area contributed by atoms with Gasteiger partial charge in [-0.3, -0.25) is 0 Å². The van der Waals surface area contributed by atoms with E-state index in [-0.39, 0.29) is 6.10 Å². The molecule has 5 heteroatoms. The van der Waals surface area contributed by atoms with Crippen molar-refractivity contribution in [2.24, 2.45) is 7.05 Å². The normalized spacial score (nSPS) is 12.4. The molecule has 2 aromatic heterocycles. The summed E-state index contributed by atoms with van der Waals surface area (Å²) >= 11 is 0.